The van der Waals surface area contributed by atoms with Crippen LogP contribution in [-0.2, 0) is 0 Å². The van der Waals surface area contributed by atoms with E-state index in [2.05, 4.69) is 20.9 Å². The lowest BCUT2D eigenvalue weighted by molar-refractivity contribution is 0.570. The fourth-order valence-electron chi connectivity index (χ4n) is 1.37. The highest BCUT2D eigenvalue weighted by atomic mass is 79.9. The van der Waals surface area contributed by atoms with Gasteiger partial charge in [-0.15, -0.1) is 0 Å². The molecule has 0 radical (unpaired) electrons. The first-order valence-electron chi connectivity index (χ1n) is 5.35. The van der Waals surface area contributed by atoms with E-state index in [1.165, 1.54) is 0 Å². The third-order valence-corrected chi connectivity index (χ3v) is 3.56. The van der Waals surface area contributed by atoms with E-state index < -0.39 is 0 Å². The van der Waals surface area contributed by atoms with Gasteiger partial charge in [-0.05, 0) is 20.8 Å². The summed E-state index contributed by atoms with van der Waals surface area (Å²) < 4.78 is 1.69. The van der Waals surface area contributed by atoms with Crippen LogP contribution in [0.2, 0.25) is 0 Å². The zero-order valence-corrected chi connectivity index (χ0v) is 11.7. The van der Waals surface area contributed by atoms with Crippen LogP contribution < -0.4 is 10.5 Å². The predicted molar refractivity (Wildman–Crippen MR) is 70.5 cm³/mol. The van der Waals surface area contributed by atoms with Crippen molar-refractivity contribution in [3.05, 3.63) is 22.7 Å². The zero-order valence-electron chi connectivity index (χ0n) is 10.1. The van der Waals surface area contributed by atoms with Crippen LogP contribution >= 0.6 is 15.9 Å². The molecule has 0 bridgehead atoms. The molecule has 1 unspecified atom stereocenters. The number of nitrogens with zero attached hydrogens (tertiary/aromatic N) is 3. The summed E-state index contributed by atoms with van der Waals surface area (Å²) in [5.74, 6) is 0.503. The second kappa shape index (κ2) is 5.48. The molecule has 0 aromatic carbocycles. The number of hydrogen-bond acceptors (Lipinski definition) is 3. The molecule has 1 aromatic rings. The largest absolute Gasteiger partial charge is 0.352 e. The van der Waals surface area contributed by atoms with Gasteiger partial charge in [0.25, 0.3) is 5.56 Å². The van der Waals surface area contributed by atoms with Gasteiger partial charge in [0.1, 0.15) is 0 Å². The van der Waals surface area contributed by atoms with E-state index in [0.29, 0.717) is 5.82 Å². The summed E-state index contributed by atoms with van der Waals surface area (Å²) in [4.78, 5) is 18.2. The maximum absolute atomic E-state index is 12.1. The average Bonchev–Trinajstić information content (AvgIpc) is 2.27. The Balaban J connectivity index is 3.16. The van der Waals surface area contributed by atoms with Crippen molar-refractivity contribution in [2.75, 3.05) is 17.3 Å². The minimum Gasteiger partial charge on any atom is -0.352 e. The SMILES string of the molecule is CC(CBr)N(C)c1nccn(C(C)C)c1=O. The van der Waals surface area contributed by atoms with Crippen molar-refractivity contribution in [3.8, 4) is 0 Å². The van der Waals surface area contributed by atoms with E-state index >= 15 is 0 Å². The highest BCUT2D eigenvalue weighted by Crippen LogP contribution is 2.09. The molecule has 0 fully saturated rings. The molecule has 1 rings (SSSR count). The number of hydrogen-bond donors (Lipinski definition) is 0. The summed E-state index contributed by atoms with van der Waals surface area (Å²) in [5.41, 5.74) is -0.0344. The monoisotopic (exact) mass is 287 g/mol. The fourth-order valence-corrected chi connectivity index (χ4v) is 1.81. The van der Waals surface area contributed by atoms with Crippen molar-refractivity contribution < 1.29 is 0 Å². The molecular weight excluding hydrogens is 270 g/mol. The van der Waals surface area contributed by atoms with Gasteiger partial charge in [0.15, 0.2) is 5.82 Å². The van der Waals surface area contributed by atoms with Crippen LogP contribution in [0.4, 0.5) is 5.82 Å². The van der Waals surface area contributed by atoms with E-state index in [0.717, 1.165) is 5.33 Å². The Kier molecular flexibility index (Phi) is 4.53. The Morgan fingerprint density at radius 2 is 2.12 bits per heavy atom. The number of rotatable bonds is 4. The first-order valence-corrected chi connectivity index (χ1v) is 6.47. The van der Waals surface area contributed by atoms with Crippen LogP contribution in [0.3, 0.4) is 0 Å². The van der Waals surface area contributed by atoms with Crippen molar-refractivity contribution >= 4 is 21.7 Å². The second-order valence-electron chi connectivity index (χ2n) is 4.17. The van der Waals surface area contributed by atoms with Crippen molar-refractivity contribution in [2.45, 2.75) is 32.9 Å². The molecule has 0 aliphatic heterocycles. The summed E-state index contributed by atoms with van der Waals surface area (Å²) >= 11 is 3.41. The van der Waals surface area contributed by atoms with Crippen LogP contribution in [-0.4, -0.2) is 28.0 Å². The highest BCUT2D eigenvalue weighted by molar-refractivity contribution is 9.09. The van der Waals surface area contributed by atoms with Gasteiger partial charge in [0, 0.05) is 36.9 Å². The molecular formula is C11H18BrN3O. The normalized spacial score (nSPS) is 12.9. The Bertz CT molecular complexity index is 402. The predicted octanol–water partition coefficient (Wildman–Crippen LogP) is 2.04. The van der Waals surface area contributed by atoms with Gasteiger partial charge < -0.3 is 9.47 Å². The van der Waals surface area contributed by atoms with Crippen LogP contribution in [0.1, 0.15) is 26.8 Å². The number of halogens is 1. The van der Waals surface area contributed by atoms with Gasteiger partial charge in [-0.1, -0.05) is 15.9 Å². The van der Waals surface area contributed by atoms with Crippen LogP contribution in [0.15, 0.2) is 17.2 Å². The second-order valence-corrected chi connectivity index (χ2v) is 4.82. The molecule has 5 heteroatoms. The Morgan fingerprint density at radius 1 is 1.50 bits per heavy atom. The van der Waals surface area contributed by atoms with E-state index in [4.69, 9.17) is 0 Å². The molecule has 0 spiro atoms. The highest BCUT2D eigenvalue weighted by Gasteiger charge is 2.15. The molecule has 16 heavy (non-hydrogen) atoms. The summed E-state index contributed by atoms with van der Waals surface area (Å²) in [6.45, 7) is 6.01. The molecule has 90 valence electrons. The van der Waals surface area contributed by atoms with Gasteiger partial charge in [0.05, 0.1) is 0 Å². The zero-order chi connectivity index (χ0) is 12.3. The van der Waals surface area contributed by atoms with Gasteiger partial charge >= 0.3 is 0 Å². The molecule has 0 aliphatic carbocycles. The fraction of sp³-hybridized carbons (Fsp3) is 0.636. The van der Waals surface area contributed by atoms with Crippen molar-refractivity contribution in [2.24, 2.45) is 0 Å². The summed E-state index contributed by atoms with van der Waals surface area (Å²) in [6, 6.07) is 0.394. The van der Waals surface area contributed by atoms with E-state index in [1.54, 1.807) is 17.0 Å². The number of anilines is 1. The Morgan fingerprint density at radius 3 is 2.62 bits per heavy atom. The third kappa shape index (κ3) is 2.64. The topological polar surface area (TPSA) is 38.1 Å². The maximum Gasteiger partial charge on any atom is 0.293 e. The minimum atomic E-state index is -0.0344. The molecule has 0 N–H and O–H groups in total. The molecule has 1 atom stereocenters. The quantitative estimate of drug-likeness (QED) is 0.796. The lowest BCUT2D eigenvalue weighted by Crippen LogP contribution is -2.37. The summed E-state index contributed by atoms with van der Waals surface area (Å²) in [5, 5.41) is 0.807. The summed E-state index contributed by atoms with van der Waals surface area (Å²) in [7, 11) is 1.89. The molecule has 0 amide bonds. The van der Waals surface area contributed by atoms with E-state index in [-0.39, 0.29) is 17.6 Å². The Hall–Kier alpha value is -0.840. The molecule has 1 aromatic heterocycles. The smallest absolute Gasteiger partial charge is 0.293 e. The van der Waals surface area contributed by atoms with Crippen molar-refractivity contribution in [1.82, 2.24) is 9.55 Å². The molecule has 0 saturated carbocycles. The maximum atomic E-state index is 12.1. The van der Waals surface area contributed by atoms with E-state index in [9.17, 15) is 4.79 Å². The van der Waals surface area contributed by atoms with Crippen molar-refractivity contribution in [1.29, 1.82) is 0 Å². The molecule has 4 nitrogen and oxygen atoms in total. The van der Waals surface area contributed by atoms with Crippen LogP contribution in [0.25, 0.3) is 0 Å². The minimum absolute atomic E-state index is 0.0344. The standard InChI is InChI=1S/C11H18BrN3O/c1-8(2)15-6-5-13-10(11(15)16)14(4)9(3)7-12/h5-6,8-9H,7H2,1-4H3. The number of alkyl halides is 1. The summed E-state index contributed by atoms with van der Waals surface area (Å²) in [6.07, 6.45) is 3.40. The van der Waals surface area contributed by atoms with Gasteiger partial charge in [0.2, 0.25) is 0 Å². The number of aromatic nitrogens is 2. The Labute approximate surface area is 104 Å². The molecule has 0 saturated heterocycles. The van der Waals surface area contributed by atoms with Gasteiger partial charge in [-0.25, -0.2) is 4.98 Å². The van der Waals surface area contributed by atoms with Gasteiger partial charge in [-0.2, -0.15) is 0 Å². The lowest BCUT2D eigenvalue weighted by Gasteiger charge is -2.24. The van der Waals surface area contributed by atoms with Gasteiger partial charge in [-0.3, -0.25) is 4.79 Å². The van der Waals surface area contributed by atoms with Crippen LogP contribution in [0.5, 0.6) is 0 Å². The molecule has 0 aliphatic rings. The molecule has 1 heterocycles. The first-order chi connectivity index (χ1) is 7.49. The lowest BCUT2D eigenvalue weighted by atomic mass is 10.3. The average molecular weight is 288 g/mol. The van der Waals surface area contributed by atoms with Crippen molar-refractivity contribution in [3.63, 3.8) is 0 Å². The third-order valence-electron chi connectivity index (χ3n) is 2.62. The van der Waals surface area contributed by atoms with E-state index in [1.807, 2.05) is 32.7 Å². The first kappa shape index (κ1) is 13.2. The van der Waals surface area contributed by atoms with Crippen LogP contribution in [0, 0.1) is 0 Å².